The molecule has 0 heterocycles. The van der Waals surface area contributed by atoms with E-state index in [1.165, 1.54) is 5.56 Å². The van der Waals surface area contributed by atoms with Gasteiger partial charge in [0.1, 0.15) is 11.8 Å². The van der Waals surface area contributed by atoms with Gasteiger partial charge in [-0.3, -0.25) is 9.59 Å². The van der Waals surface area contributed by atoms with E-state index in [2.05, 4.69) is 5.32 Å². The van der Waals surface area contributed by atoms with Crippen LogP contribution in [0, 0.1) is 6.92 Å². The summed E-state index contributed by atoms with van der Waals surface area (Å²) in [5, 5.41) is 3.43. The van der Waals surface area contributed by atoms with E-state index < -0.39 is 6.04 Å². The van der Waals surface area contributed by atoms with Crippen LogP contribution < -0.4 is 10.1 Å². The summed E-state index contributed by atoms with van der Waals surface area (Å²) in [6.45, 7) is 6.95. The second kappa shape index (κ2) is 11.5. The Morgan fingerprint density at radius 2 is 1.76 bits per heavy atom. The molecule has 0 aliphatic heterocycles. The summed E-state index contributed by atoms with van der Waals surface area (Å²) in [7, 11) is 0. The lowest BCUT2D eigenvalue weighted by Crippen LogP contribution is -2.47. The van der Waals surface area contributed by atoms with Crippen LogP contribution in [0.25, 0.3) is 0 Å². The molecule has 1 atom stereocenters. The lowest BCUT2D eigenvalue weighted by Gasteiger charge is -2.28. The van der Waals surface area contributed by atoms with Crippen molar-refractivity contribution in [3.05, 3.63) is 64.7 Å². The second-order valence-corrected chi connectivity index (χ2v) is 7.42. The summed E-state index contributed by atoms with van der Waals surface area (Å²) in [5.74, 6) is 0.550. The molecule has 2 amide bonds. The van der Waals surface area contributed by atoms with Crippen molar-refractivity contribution in [1.82, 2.24) is 10.2 Å². The topological polar surface area (TPSA) is 58.6 Å². The Morgan fingerprint density at radius 3 is 2.38 bits per heavy atom. The van der Waals surface area contributed by atoms with Crippen LogP contribution in [0.15, 0.2) is 48.5 Å². The van der Waals surface area contributed by atoms with Gasteiger partial charge >= 0.3 is 0 Å². The Morgan fingerprint density at radius 1 is 1.10 bits per heavy atom. The Kier molecular flexibility index (Phi) is 9.00. The summed E-state index contributed by atoms with van der Waals surface area (Å²) < 4.78 is 5.70. The molecule has 0 saturated heterocycles. The van der Waals surface area contributed by atoms with E-state index in [0.29, 0.717) is 37.6 Å². The predicted molar refractivity (Wildman–Crippen MR) is 116 cm³/mol. The zero-order chi connectivity index (χ0) is 21.2. The largest absolute Gasteiger partial charge is 0.494 e. The number of benzene rings is 2. The van der Waals surface area contributed by atoms with Crippen molar-refractivity contribution in [1.29, 1.82) is 0 Å². The maximum atomic E-state index is 12.9. The minimum Gasteiger partial charge on any atom is -0.494 e. The molecular formula is C23H29ClN2O3. The first-order valence-corrected chi connectivity index (χ1v) is 10.3. The SMILES string of the molecule is CCNC(=O)[C@@H](C)N(Cc1ccc(Cl)cc1)C(=O)CCCOc1ccc(C)cc1. The third kappa shape index (κ3) is 7.42. The molecule has 0 saturated carbocycles. The Balaban J connectivity index is 1.96. The average molecular weight is 417 g/mol. The van der Waals surface area contributed by atoms with Gasteiger partial charge in [-0.2, -0.15) is 0 Å². The van der Waals surface area contributed by atoms with Gasteiger partial charge in [-0.25, -0.2) is 0 Å². The van der Waals surface area contributed by atoms with Gasteiger partial charge in [0.25, 0.3) is 0 Å². The normalized spacial score (nSPS) is 11.6. The third-order valence-electron chi connectivity index (χ3n) is 4.61. The number of ether oxygens (including phenoxy) is 1. The van der Waals surface area contributed by atoms with Crippen molar-refractivity contribution < 1.29 is 14.3 Å². The summed E-state index contributed by atoms with van der Waals surface area (Å²) >= 11 is 5.95. The second-order valence-electron chi connectivity index (χ2n) is 6.98. The van der Waals surface area contributed by atoms with Crippen molar-refractivity contribution in [2.75, 3.05) is 13.2 Å². The zero-order valence-corrected chi connectivity index (χ0v) is 18.0. The molecule has 0 bridgehead atoms. The molecule has 2 aromatic carbocycles. The summed E-state index contributed by atoms with van der Waals surface area (Å²) in [6.07, 6.45) is 0.884. The average Bonchev–Trinajstić information content (AvgIpc) is 2.71. The number of likely N-dealkylation sites (N-methyl/N-ethyl adjacent to an activating group) is 1. The predicted octanol–water partition coefficient (Wildman–Crippen LogP) is 4.36. The molecule has 0 aliphatic rings. The number of carbonyl (C=O) groups excluding carboxylic acids is 2. The molecule has 0 spiro atoms. The standard InChI is InChI=1S/C23H29ClN2O3/c1-4-25-23(28)18(3)26(16-19-9-11-20(24)12-10-19)22(27)6-5-15-29-21-13-7-17(2)8-14-21/h7-14,18H,4-6,15-16H2,1-3H3,(H,25,28)/t18-/m1/s1. The number of nitrogens with zero attached hydrogens (tertiary/aromatic N) is 1. The fraction of sp³-hybridized carbons (Fsp3) is 0.391. The molecule has 29 heavy (non-hydrogen) atoms. The first kappa shape index (κ1) is 22.8. The van der Waals surface area contributed by atoms with Gasteiger partial charge in [0.05, 0.1) is 6.61 Å². The lowest BCUT2D eigenvalue weighted by atomic mass is 10.1. The van der Waals surface area contributed by atoms with Gasteiger partial charge in [0.2, 0.25) is 11.8 Å². The van der Waals surface area contributed by atoms with Crippen LogP contribution >= 0.6 is 11.6 Å². The van der Waals surface area contributed by atoms with Crippen LogP contribution in [-0.2, 0) is 16.1 Å². The van der Waals surface area contributed by atoms with E-state index in [-0.39, 0.29) is 11.8 Å². The van der Waals surface area contributed by atoms with Gasteiger partial charge in [0, 0.05) is 24.5 Å². The van der Waals surface area contributed by atoms with Crippen molar-refractivity contribution in [2.24, 2.45) is 0 Å². The van der Waals surface area contributed by atoms with Gasteiger partial charge < -0.3 is 15.0 Å². The summed E-state index contributed by atoms with van der Waals surface area (Å²) in [4.78, 5) is 26.8. The highest BCUT2D eigenvalue weighted by Crippen LogP contribution is 2.16. The maximum Gasteiger partial charge on any atom is 0.242 e. The van der Waals surface area contributed by atoms with Crippen LogP contribution in [0.1, 0.15) is 37.8 Å². The van der Waals surface area contributed by atoms with E-state index in [9.17, 15) is 9.59 Å². The number of halogens is 1. The third-order valence-corrected chi connectivity index (χ3v) is 4.86. The molecule has 2 rings (SSSR count). The first-order chi connectivity index (χ1) is 13.9. The quantitative estimate of drug-likeness (QED) is 0.585. The van der Waals surface area contributed by atoms with Crippen LogP contribution in [0.4, 0.5) is 0 Å². The molecule has 0 fully saturated rings. The molecule has 156 valence electrons. The van der Waals surface area contributed by atoms with E-state index in [1.807, 2.05) is 50.2 Å². The smallest absolute Gasteiger partial charge is 0.242 e. The minimum absolute atomic E-state index is 0.0776. The van der Waals surface area contributed by atoms with Gasteiger partial charge in [-0.05, 0) is 57.0 Å². The molecule has 0 unspecified atom stereocenters. The molecule has 2 aromatic rings. The number of nitrogens with one attached hydrogen (secondary N) is 1. The molecule has 0 radical (unpaired) electrons. The molecular weight excluding hydrogens is 388 g/mol. The minimum atomic E-state index is -0.559. The van der Waals surface area contributed by atoms with E-state index in [4.69, 9.17) is 16.3 Å². The highest BCUT2D eigenvalue weighted by atomic mass is 35.5. The monoisotopic (exact) mass is 416 g/mol. The maximum absolute atomic E-state index is 12.9. The van der Waals surface area contributed by atoms with Crippen molar-refractivity contribution >= 4 is 23.4 Å². The van der Waals surface area contributed by atoms with E-state index in [1.54, 1.807) is 24.0 Å². The van der Waals surface area contributed by atoms with Crippen LogP contribution in [0.5, 0.6) is 5.75 Å². The zero-order valence-electron chi connectivity index (χ0n) is 17.3. The fourth-order valence-corrected chi connectivity index (χ4v) is 3.01. The number of hydrogen-bond donors (Lipinski definition) is 1. The Bertz CT molecular complexity index is 791. The Hall–Kier alpha value is -2.53. The summed E-state index contributed by atoms with van der Waals surface area (Å²) in [5.41, 5.74) is 2.10. The summed E-state index contributed by atoms with van der Waals surface area (Å²) in [6, 6.07) is 14.6. The lowest BCUT2D eigenvalue weighted by molar-refractivity contribution is -0.140. The van der Waals surface area contributed by atoms with Crippen molar-refractivity contribution in [3.63, 3.8) is 0 Å². The van der Waals surface area contributed by atoms with E-state index in [0.717, 1.165) is 11.3 Å². The molecule has 6 heteroatoms. The molecule has 0 aromatic heterocycles. The van der Waals surface area contributed by atoms with Crippen LogP contribution in [0.3, 0.4) is 0 Å². The molecule has 0 aliphatic carbocycles. The van der Waals surface area contributed by atoms with Crippen LogP contribution in [0.2, 0.25) is 5.02 Å². The van der Waals surface area contributed by atoms with Gasteiger partial charge in [0.15, 0.2) is 0 Å². The number of amides is 2. The van der Waals surface area contributed by atoms with E-state index >= 15 is 0 Å². The highest BCUT2D eigenvalue weighted by molar-refractivity contribution is 6.30. The fourth-order valence-electron chi connectivity index (χ4n) is 2.88. The van der Waals surface area contributed by atoms with Crippen molar-refractivity contribution in [2.45, 2.75) is 46.2 Å². The number of aryl methyl sites for hydroxylation is 1. The Labute approximate surface area is 178 Å². The van der Waals surface area contributed by atoms with Crippen molar-refractivity contribution in [3.8, 4) is 5.75 Å². The van der Waals surface area contributed by atoms with Gasteiger partial charge in [-0.15, -0.1) is 0 Å². The van der Waals surface area contributed by atoms with Crippen LogP contribution in [-0.4, -0.2) is 35.9 Å². The number of rotatable bonds is 10. The molecule has 5 nitrogen and oxygen atoms in total. The highest BCUT2D eigenvalue weighted by Gasteiger charge is 2.25. The number of hydrogen-bond acceptors (Lipinski definition) is 3. The first-order valence-electron chi connectivity index (χ1n) is 9.91. The molecule has 1 N–H and O–H groups in total. The van der Waals surface area contributed by atoms with Gasteiger partial charge in [-0.1, -0.05) is 41.4 Å². The number of carbonyl (C=O) groups is 2.